The second kappa shape index (κ2) is 4.24. The number of rotatable bonds is 1. The molecule has 0 aliphatic heterocycles. The molecule has 1 N–H and O–H groups in total. The van der Waals surface area contributed by atoms with Gasteiger partial charge in [0.05, 0.1) is 5.56 Å². The maximum absolute atomic E-state index is 10.7. The summed E-state index contributed by atoms with van der Waals surface area (Å²) in [5.41, 5.74) is 1.52. The van der Waals surface area contributed by atoms with E-state index in [1.165, 1.54) is 6.07 Å². The van der Waals surface area contributed by atoms with Gasteiger partial charge in [-0.2, -0.15) is 0 Å². The summed E-state index contributed by atoms with van der Waals surface area (Å²) in [5, 5.41) is 8.74. The summed E-state index contributed by atoms with van der Waals surface area (Å²) in [6, 6.07) is 4.69. The van der Waals surface area contributed by atoms with Crippen LogP contribution in [0.25, 0.3) is 0 Å². The summed E-state index contributed by atoms with van der Waals surface area (Å²) in [5.74, 6) is 3.89. The average molecular weight is 188 g/mol. The molecule has 0 aromatic heterocycles. The number of carbonyl (C=O) groups excluding carboxylic acids is 1. The second-order valence-corrected chi connectivity index (χ2v) is 2.72. The molecule has 0 heterocycles. The van der Waals surface area contributed by atoms with Crippen LogP contribution in [0.3, 0.4) is 0 Å². The van der Waals surface area contributed by atoms with Gasteiger partial charge in [-0.05, 0) is 36.6 Å². The lowest BCUT2D eigenvalue weighted by Crippen LogP contribution is -1.99. The van der Waals surface area contributed by atoms with Crippen molar-refractivity contribution in [3.8, 4) is 11.8 Å². The van der Waals surface area contributed by atoms with E-state index in [1.54, 1.807) is 19.1 Å². The Kier molecular flexibility index (Phi) is 3.03. The molecule has 14 heavy (non-hydrogen) atoms. The normalized spacial score (nSPS) is 8.64. The molecule has 0 saturated heterocycles. The molecule has 0 unspecified atom stereocenters. The molecule has 0 aliphatic rings. The fourth-order valence-electron chi connectivity index (χ4n) is 1.09. The van der Waals surface area contributed by atoms with E-state index >= 15 is 0 Å². The summed E-state index contributed by atoms with van der Waals surface area (Å²) in [6.07, 6.45) is 0.500. The van der Waals surface area contributed by atoms with Gasteiger partial charge in [0.2, 0.25) is 0 Å². The van der Waals surface area contributed by atoms with E-state index in [9.17, 15) is 9.59 Å². The highest BCUT2D eigenvalue weighted by Gasteiger charge is 2.05. The minimum Gasteiger partial charge on any atom is -0.478 e. The van der Waals surface area contributed by atoms with Gasteiger partial charge in [-0.15, -0.1) is 0 Å². The van der Waals surface area contributed by atoms with Gasteiger partial charge in [0.15, 0.2) is 6.29 Å². The number of hydrogen-bond donors (Lipinski definition) is 1. The molecule has 0 amide bonds. The molecule has 0 saturated carbocycles. The van der Waals surface area contributed by atoms with Crippen molar-refractivity contribution in [2.45, 2.75) is 6.92 Å². The summed E-state index contributed by atoms with van der Waals surface area (Å²) < 4.78 is 0. The van der Waals surface area contributed by atoms with Crippen molar-refractivity contribution in [1.29, 1.82) is 0 Å². The third-order valence-electron chi connectivity index (χ3n) is 1.73. The van der Waals surface area contributed by atoms with Gasteiger partial charge in [-0.1, -0.05) is 5.92 Å². The standard InChI is InChI=1S/C11H8O3/c1-8-7-9(3-2-6-12)4-5-10(8)11(13)14/h4-7H,1H3,(H,13,14). The maximum atomic E-state index is 10.7. The zero-order valence-corrected chi connectivity index (χ0v) is 7.57. The lowest BCUT2D eigenvalue weighted by molar-refractivity contribution is -0.103. The van der Waals surface area contributed by atoms with Crippen molar-refractivity contribution >= 4 is 12.3 Å². The molecule has 0 fully saturated rings. The van der Waals surface area contributed by atoms with Crippen molar-refractivity contribution in [2.75, 3.05) is 0 Å². The van der Waals surface area contributed by atoms with Crippen LogP contribution in [0.5, 0.6) is 0 Å². The van der Waals surface area contributed by atoms with Crippen molar-refractivity contribution in [3.05, 3.63) is 34.9 Å². The number of aromatic carboxylic acids is 1. The Bertz CT molecular complexity index is 436. The summed E-state index contributed by atoms with van der Waals surface area (Å²) in [4.78, 5) is 20.6. The summed E-state index contributed by atoms with van der Waals surface area (Å²) in [7, 11) is 0. The van der Waals surface area contributed by atoms with Crippen molar-refractivity contribution in [3.63, 3.8) is 0 Å². The van der Waals surface area contributed by atoms with Gasteiger partial charge in [-0.3, -0.25) is 4.79 Å². The second-order valence-electron chi connectivity index (χ2n) is 2.72. The Morgan fingerprint density at radius 1 is 1.50 bits per heavy atom. The van der Waals surface area contributed by atoms with Gasteiger partial charge in [-0.25, -0.2) is 4.79 Å². The van der Waals surface area contributed by atoms with Crippen LogP contribution in [-0.2, 0) is 4.79 Å². The molecule has 0 radical (unpaired) electrons. The van der Waals surface area contributed by atoms with E-state index in [1.807, 2.05) is 0 Å². The molecule has 70 valence electrons. The molecule has 1 aromatic rings. The first-order chi connectivity index (χ1) is 6.65. The third-order valence-corrected chi connectivity index (χ3v) is 1.73. The van der Waals surface area contributed by atoms with Crippen LogP contribution < -0.4 is 0 Å². The van der Waals surface area contributed by atoms with E-state index in [0.717, 1.165) is 0 Å². The van der Waals surface area contributed by atoms with Crippen LogP contribution in [0.1, 0.15) is 21.5 Å². The Balaban J connectivity index is 3.12. The van der Waals surface area contributed by atoms with Gasteiger partial charge >= 0.3 is 5.97 Å². The predicted molar refractivity (Wildman–Crippen MR) is 51.1 cm³/mol. The van der Waals surface area contributed by atoms with Crippen molar-refractivity contribution in [1.82, 2.24) is 0 Å². The Hall–Kier alpha value is -2.08. The molecule has 3 heteroatoms. The van der Waals surface area contributed by atoms with Crippen LogP contribution in [-0.4, -0.2) is 17.4 Å². The lowest BCUT2D eigenvalue weighted by Gasteiger charge is -1.99. The molecule has 0 spiro atoms. The first-order valence-corrected chi connectivity index (χ1v) is 3.94. The number of carbonyl (C=O) groups is 2. The highest BCUT2D eigenvalue weighted by Crippen LogP contribution is 2.10. The van der Waals surface area contributed by atoms with E-state index in [4.69, 9.17) is 5.11 Å². The molecule has 0 atom stereocenters. The highest BCUT2D eigenvalue weighted by atomic mass is 16.4. The van der Waals surface area contributed by atoms with Crippen LogP contribution in [0, 0.1) is 18.8 Å². The van der Waals surface area contributed by atoms with Crippen LogP contribution in [0.2, 0.25) is 0 Å². The lowest BCUT2D eigenvalue weighted by atomic mass is 10.1. The molecular weight excluding hydrogens is 180 g/mol. The van der Waals surface area contributed by atoms with Gasteiger partial charge in [0.25, 0.3) is 0 Å². The predicted octanol–water partition coefficient (Wildman–Crippen LogP) is 1.24. The summed E-state index contributed by atoms with van der Waals surface area (Å²) in [6.45, 7) is 1.69. The first kappa shape index (κ1) is 10.0. The minimum absolute atomic E-state index is 0.252. The van der Waals surface area contributed by atoms with Gasteiger partial charge < -0.3 is 5.11 Å². The monoisotopic (exact) mass is 188 g/mol. The largest absolute Gasteiger partial charge is 0.478 e. The minimum atomic E-state index is -0.961. The van der Waals surface area contributed by atoms with Crippen LogP contribution in [0.4, 0.5) is 0 Å². The average Bonchev–Trinajstić information content (AvgIpc) is 2.14. The highest BCUT2D eigenvalue weighted by molar-refractivity contribution is 5.89. The van der Waals surface area contributed by atoms with Crippen LogP contribution >= 0.6 is 0 Å². The number of benzene rings is 1. The number of aryl methyl sites for hydroxylation is 1. The van der Waals surface area contributed by atoms with E-state index < -0.39 is 5.97 Å². The van der Waals surface area contributed by atoms with E-state index in [0.29, 0.717) is 17.4 Å². The molecule has 0 aliphatic carbocycles. The van der Waals surface area contributed by atoms with Gasteiger partial charge in [0.1, 0.15) is 0 Å². The fourth-order valence-corrected chi connectivity index (χ4v) is 1.09. The smallest absolute Gasteiger partial charge is 0.335 e. The van der Waals surface area contributed by atoms with Gasteiger partial charge in [0, 0.05) is 5.56 Å². The molecule has 1 aromatic carbocycles. The third kappa shape index (κ3) is 2.20. The Labute approximate surface area is 81.4 Å². The Morgan fingerprint density at radius 3 is 2.71 bits per heavy atom. The van der Waals surface area contributed by atoms with E-state index in [2.05, 4.69) is 11.8 Å². The number of aldehydes is 1. The Morgan fingerprint density at radius 2 is 2.21 bits per heavy atom. The maximum Gasteiger partial charge on any atom is 0.335 e. The zero-order chi connectivity index (χ0) is 10.6. The fraction of sp³-hybridized carbons (Fsp3) is 0.0909. The molecule has 0 bridgehead atoms. The molecule has 3 nitrogen and oxygen atoms in total. The number of hydrogen-bond acceptors (Lipinski definition) is 2. The number of carboxylic acid groups (broad SMARTS) is 1. The summed E-state index contributed by atoms with van der Waals surface area (Å²) >= 11 is 0. The van der Waals surface area contributed by atoms with E-state index in [-0.39, 0.29) is 5.56 Å². The molecule has 1 rings (SSSR count). The van der Waals surface area contributed by atoms with Crippen molar-refractivity contribution in [2.24, 2.45) is 0 Å². The van der Waals surface area contributed by atoms with Crippen molar-refractivity contribution < 1.29 is 14.7 Å². The quantitative estimate of drug-likeness (QED) is 0.533. The topological polar surface area (TPSA) is 54.4 Å². The molecular formula is C11H8O3. The van der Waals surface area contributed by atoms with Crippen LogP contribution in [0.15, 0.2) is 18.2 Å². The first-order valence-electron chi connectivity index (χ1n) is 3.94. The number of carboxylic acids is 1. The zero-order valence-electron chi connectivity index (χ0n) is 7.57. The SMILES string of the molecule is Cc1cc(C#CC=O)ccc1C(=O)O.